The Bertz CT molecular complexity index is 501. The first-order valence-corrected chi connectivity index (χ1v) is 5.52. The maximum atomic E-state index is 11.4. The number of H-pyrrole nitrogens is 1. The molecular weight excluding hydrogens is 224 g/mol. The molecule has 2 heterocycles. The minimum Gasteiger partial charge on any atom is -0.320 e. The normalized spacial score (nSPS) is 10.8. The van der Waals surface area contributed by atoms with Crippen LogP contribution in [-0.4, -0.2) is 21.1 Å². The maximum Gasteiger partial charge on any atom is 0.248 e. The molecule has 0 fully saturated rings. The number of nitrogens with one attached hydrogen (secondary N) is 2. The summed E-state index contributed by atoms with van der Waals surface area (Å²) in [6.07, 6.45) is 6.28. The zero-order chi connectivity index (χ0) is 11.4. The largest absolute Gasteiger partial charge is 0.320 e. The van der Waals surface area contributed by atoms with Gasteiger partial charge in [-0.1, -0.05) is 0 Å². The third-order valence-electron chi connectivity index (χ3n) is 1.81. The van der Waals surface area contributed by atoms with E-state index in [4.69, 9.17) is 0 Å². The summed E-state index contributed by atoms with van der Waals surface area (Å²) < 4.78 is 0. The monoisotopic (exact) mass is 234 g/mol. The van der Waals surface area contributed by atoms with E-state index >= 15 is 0 Å². The van der Waals surface area contributed by atoms with Crippen molar-refractivity contribution in [1.29, 1.82) is 0 Å². The lowest BCUT2D eigenvalue weighted by Crippen LogP contribution is -2.06. The van der Waals surface area contributed by atoms with Crippen molar-refractivity contribution < 1.29 is 4.79 Å². The van der Waals surface area contributed by atoms with E-state index in [1.165, 1.54) is 6.08 Å². The third kappa shape index (κ3) is 2.77. The Morgan fingerprint density at radius 1 is 1.62 bits per heavy atom. The molecule has 0 bridgehead atoms. The van der Waals surface area contributed by atoms with Gasteiger partial charge < -0.3 is 5.32 Å². The predicted octanol–water partition coefficient (Wildman–Crippen LogP) is 1.83. The zero-order valence-electron chi connectivity index (χ0n) is 8.60. The molecule has 0 atom stereocenters. The van der Waals surface area contributed by atoms with Gasteiger partial charge in [-0.3, -0.25) is 9.89 Å². The van der Waals surface area contributed by atoms with Crippen LogP contribution < -0.4 is 5.32 Å². The van der Waals surface area contributed by atoms with Gasteiger partial charge in [0.05, 0.1) is 22.6 Å². The molecule has 0 saturated carbocycles. The van der Waals surface area contributed by atoms with E-state index in [0.717, 1.165) is 10.7 Å². The van der Waals surface area contributed by atoms with Crippen LogP contribution in [0.5, 0.6) is 0 Å². The molecule has 5 nitrogen and oxygen atoms in total. The van der Waals surface area contributed by atoms with Gasteiger partial charge in [-0.15, -0.1) is 11.3 Å². The van der Waals surface area contributed by atoms with E-state index in [2.05, 4.69) is 20.5 Å². The summed E-state index contributed by atoms with van der Waals surface area (Å²) in [5.74, 6) is -0.202. The second-order valence-electron chi connectivity index (χ2n) is 3.10. The van der Waals surface area contributed by atoms with Gasteiger partial charge in [0.25, 0.3) is 0 Å². The topological polar surface area (TPSA) is 70.7 Å². The standard InChI is InChI=1S/C10H10N4OS/c1-7-13-8(6-16-7)2-3-10(15)14-9-4-11-12-5-9/h2-6H,1H3,(H,11,12)(H,14,15)/b3-2+. The number of hydrogen-bond acceptors (Lipinski definition) is 4. The summed E-state index contributed by atoms with van der Waals surface area (Å²) in [4.78, 5) is 15.6. The van der Waals surface area contributed by atoms with Gasteiger partial charge in [-0.05, 0) is 13.0 Å². The molecule has 0 aliphatic rings. The second-order valence-corrected chi connectivity index (χ2v) is 4.16. The van der Waals surface area contributed by atoms with Gasteiger partial charge in [-0.2, -0.15) is 5.10 Å². The molecule has 2 aromatic rings. The van der Waals surface area contributed by atoms with Crippen LogP contribution in [0.2, 0.25) is 0 Å². The summed E-state index contributed by atoms with van der Waals surface area (Å²) >= 11 is 1.55. The Hall–Kier alpha value is -1.95. The average molecular weight is 234 g/mol. The lowest BCUT2D eigenvalue weighted by atomic mass is 10.4. The number of carbonyl (C=O) groups excluding carboxylic acids is 1. The van der Waals surface area contributed by atoms with Crippen molar-refractivity contribution >= 4 is 29.0 Å². The van der Waals surface area contributed by atoms with Crippen molar-refractivity contribution in [3.63, 3.8) is 0 Å². The number of rotatable bonds is 3. The molecule has 82 valence electrons. The van der Waals surface area contributed by atoms with E-state index in [-0.39, 0.29) is 5.91 Å². The highest BCUT2D eigenvalue weighted by atomic mass is 32.1. The van der Waals surface area contributed by atoms with Crippen molar-refractivity contribution in [2.75, 3.05) is 5.32 Å². The lowest BCUT2D eigenvalue weighted by molar-refractivity contribution is -0.111. The summed E-state index contributed by atoms with van der Waals surface area (Å²) in [6, 6.07) is 0. The molecule has 1 amide bonds. The van der Waals surface area contributed by atoms with Gasteiger partial charge in [0.15, 0.2) is 0 Å². The minimum absolute atomic E-state index is 0.202. The highest BCUT2D eigenvalue weighted by molar-refractivity contribution is 7.09. The van der Waals surface area contributed by atoms with Crippen LogP contribution in [0, 0.1) is 6.92 Å². The van der Waals surface area contributed by atoms with Crippen molar-refractivity contribution in [3.05, 3.63) is 34.6 Å². The predicted molar refractivity (Wildman–Crippen MR) is 63.1 cm³/mol. The number of aryl methyl sites for hydroxylation is 1. The van der Waals surface area contributed by atoms with Crippen molar-refractivity contribution in [2.45, 2.75) is 6.92 Å². The van der Waals surface area contributed by atoms with Gasteiger partial charge in [0, 0.05) is 17.7 Å². The van der Waals surface area contributed by atoms with Crippen LogP contribution in [0.4, 0.5) is 5.69 Å². The van der Waals surface area contributed by atoms with Crippen LogP contribution in [0.25, 0.3) is 6.08 Å². The van der Waals surface area contributed by atoms with E-state index in [1.54, 1.807) is 29.8 Å². The smallest absolute Gasteiger partial charge is 0.248 e. The summed E-state index contributed by atoms with van der Waals surface area (Å²) in [7, 11) is 0. The number of amides is 1. The fourth-order valence-corrected chi connectivity index (χ4v) is 1.70. The molecule has 6 heteroatoms. The Morgan fingerprint density at radius 3 is 3.12 bits per heavy atom. The quantitative estimate of drug-likeness (QED) is 0.796. The number of thiazole rings is 1. The number of nitrogens with zero attached hydrogens (tertiary/aromatic N) is 2. The average Bonchev–Trinajstić information content (AvgIpc) is 2.87. The highest BCUT2D eigenvalue weighted by Crippen LogP contribution is 2.09. The highest BCUT2D eigenvalue weighted by Gasteiger charge is 1.99. The number of aromatic amines is 1. The molecule has 0 saturated heterocycles. The van der Waals surface area contributed by atoms with E-state index < -0.39 is 0 Å². The Balaban J connectivity index is 1.94. The molecule has 0 spiro atoms. The fourth-order valence-electron chi connectivity index (χ4n) is 1.12. The number of anilines is 1. The van der Waals surface area contributed by atoms with Crippen molar-refractivity contribution in [3.8, 4) is 0 Å². The first-order valence-electron chi connectivity index (χ1n) is 4.64. The first-order chi connectivity index (χ1) is 7.74. The van der Waals surface area contributed by atoms with Crippen LogP contribution >= 0.6 is 11.3 Å². The lowest BCUT2D eigenvalue weighted by Gasteiger charge is -1.94. The molecule has 0 unspecified atom stereocenters. The molecule has 2 aromatic heterocycles. The Morgan fingerprint density at radius 2 is 2.50 bits per heavy atom. The van der Waals surface area contributed by atoms with E-state index in [9.17, 15) is 4.79 Å². The summed E-state index contributed by atoms with van der Waals surface area (Å²) in [5, 5.41) is 11.9. The summed E-state index contributed by atoms with van der Waals surface area (Å²) in [5.41, 5.74) is 1.44. The van der Waals surface area contributed by atoms with E-state index in [1.807, 2.05) is 12.3 Å². The third-order valence-corrected chi connectivity index (χ3v) is 2.60. The molecular formula is C10H10N4OS. The fraction of sp³-hybridized carbons (Fsp3) is 0.100. The Kier molecular flexibility index (Phi) is 3.11. The van der Waals surface area contributed by atoms with Gasteiger partial charge >= 0.3 is 0 Å². The van der Waals surface area contributed by atoms with E-state index in [0.29, 0.717) is 5.69 Å². The van der Waals surface area contributed by atoms with Crippen LogP contribution in [0.15, 0.2) is 23.8 Å². The maximum absolute atomic E-state index is 11.4. The summed E-state index contributed by atoms with van der Waals surface area (Å²) in [6.45, 7) is 1.92. The number of carbonyl (C=O) groups is 1. The molecule has 0 radical (unpaired) electrons. The number of hydrogen-bond donors (Lipinski definition) is 2. The van der Waals surface area contributed by atoms with Gasteiger partial charge in [-0.25, -0.2) is 4.98 Å². The minimum atomic E-state index is -0.202. The Labute approximate surface area is 96.2 Å². The molecule has 16 heavy (non-hydrogen) atoms. The van der Waals surface area contributed by atoms with Gasteiger partial charge in [0.2, 0.25) is 5.91 Å². The molecule has 0 aliphatic heterocycles. The molecule has 2 rings (SSSR count). The first kappa shape index (κ1) is 10.6. The number of aromatic nitrogens is 3. The molecule has 0 aromatic carbocycles. The molecule has 2 N–H and O–H groups in total. The van der Waals surface area contributed by atoms with Gasteiger partial charge in [0.1, 0.15) is 0 Å². The van der Waals surface area contributed by atoms with Crippen molar-refractivity contribution in [1.82, 2.24) is 15.2 Å². The molecule has 0 aliphatic carbocycles. The SMILES string of the molecule is Cc1nc(/C=C/C(=O)Nc2cn[nH]c2)cs1. The van der Waals surface area contributed by atoms with Crippen LogP contribution in [-0.2, 0) is 4.79 Å². The van der Waals surface area contributed by atoms with Crippen LogP contribution in [0.3, 0.4) is 0 Å². The zero-order valence-corrected chi connectivity index (χ0v) is 9.41. The second kappa shape index (κ2) is 4.71. The van der Waals surface area contributed by atoms with Crippen molar-refractivity contribution in [2.24, 2.45) is 0 Å². The van der Waals surface area contributed by atoms with Crippen LogP contribution in [0.1, 0.15) is 10.7 Å².